The monoisotopic (exact) mass is 381 g/mol. The fourth-order valence-corrected chi connectivity index (χ4v) is 2.99. The van der Waals surface area contributed by atoms with Gasteiger partial charge < -0.3 is 13.8 Å². The second kappa shape index (κ2) is 14.9. The Morgan fingerprint density at radius 1 is 0.920 bits per heavy atom. The van der Waals surface area contributed by atoms with Gasteiger partial charge in [0.2, 0.25) is 10.4 Å². The van der Waals surface area contributed by atoms with E-state index in [-0.39, 0.29) is 0 Å². The van der Waals surface area contributed by atoms with Crippen LogP contribution in [0.1, 0.15) is 71.1 Å². The quantitative estimate of drug-likeness (QED) is 0.224. The van der Waals surface area contributed by atoms with Crippen molar-refractivity contribution in [1.82, 2.24) is 0 Å². The number of quaternary nitrogens is 1. The summed E-state index contributed by atoms with van der Waals surface area (Å²) in [5.41, 5.74) is 0. The number of rotatable bonds is 12. The SMILES string of the molecule is CCCCCCCCCCCC[N+]1(C)CCOCC1.COS(=O)(=O)[O-]. The maximum atomic E-state index is 9.22. The van der Waals surface area contributed by atoms with Crippen molar-refractivity contribution in [3.63, 3.8) is 0 Å². The normalized spacial score (nSPS) is 17.0. The topological polar surface area (TPSA) is 75.7 Å². The minimum Gasteiger partial charge on any atom is -0.726 e. The van der Waals surface area contributed by atoms with Gasteiger partial charge in [0.1, 0.15) is 13.1 Å². The highest BCUT2D eigenvalue weighted by atomic mass is 32.3. The number of hydrogen-bond donors (Lipinski definition) is 0. The first-order valence-electron chi connectivity index (χ1n) is 9.76. The molecule has 0 aromatic carbocycles. The van der Waals surface area contributed by atoms with E-state index in [2.05, 4.69) is 18.2 Å². The fraction of sp³-hybridized carbons (Fsp3) is 1.00. The van der Waals surface area contributed by atoms with E-state index < -0.39 is 10.4 Å². The summed E-state index contributed by atoms with van der Waals surface area (Å²) < 4.78 is 37.7. The average molecular weight is 382 g/mol. The Balaban J connectivity index is 0.000000823. The lowest BCUT2D eigenvalue weighted by molar-refractivity contribution is -0.917. The maximum Gasteiger partial charge on any atom is 0.217 e. The Kier molecular flexibility index (Phi) is 14.8. The Morgan fingerprint density at radius 3 is 1.72 bits per heavy atom. The van der Waals surface area contributed by atoms with Gasteiger partial charge in [-0.15, -0.1) is 0 Å². The molecule has 0 atom stereocenters. The third kappa shape index (κ3) is 17.0. The van der Waals surface area contributed by atoms with Crippen LogP contribution in [0.3, 0.4) is 0 Å². The first-order valence-corrected chi connectivity index (χ1v) is 11.1. The molecule has 1 heterocycles. The average Bonchev–Trinajstić information content (AvgIpc) is 2.57. The number of unbranched alkanes of at least 4 members (excludes halogenated alkanes) is 9. The molecule has 1 saturated heterocycles. The lowest BCUT2D eigenvalue weighted by Gasteiger charge is -2.37. The zero-order chi connectivity index (χ0) is 19.0. The van der Waals surface area contributed by atoms with Crippen molar-refractivity contribution in [3.05, 3.63) is 0 Å². The Labute approximate surface area is 155 Å². The van der Waals surface area contributed by atoms with Crippen molar-refractivity contribution in [2.24, 2.45) is 0 Å². The lowest BCUT2D eigenvalue weighted by Crippen LogP contribution is -2.52. The standard InChI is InChI=1S/C17H36NO.CH4O4S/c1-3-4-5-6-7-8-9-10-11-12-13-18(2)14-16-19-17-15-18;1-5-6(2,3)4/h3-17H2,1-2H3;1H3,(H,2,3,4)/q+1;/p-1. The van der Waals surface area contributed by atoms with Crippen molar-refractivity contribution in [3.8, 4) is 0 Å². The van der Waals surface area contributed by atoms with Crippen LogP contribution in [-0.2, 0) is 19.3 Å². The summed E-state index contributed by atoms with van der Waals surface area (Å²) in [7, 11) is -1.21. The summed E-state index contributed by atoms with van der Waals surface area (Å²) in [6.07, 6.45) is 14.4. The van der Waals surface area contributed by atoms with Gasteiger partial charge >= 0.3 is 0 Å². The van der Waals surface area contributed by atoms with E-state index in [4.69, 9.17) is 4.74 Å². The van der Waals surface area contributed by atoms with Crippen LogP contribution in [0.5, 0.6) is 0 Å². The minimum atomic E-state index is -4.41. The Morgan fingerprint density at radius 2 is 1.32 bits per heavy atom. The summed E-state index contributed by atoms with van der Waals surface area (Å²) in [5.74, 6) is 0. The van der Waals surface area contributed by atoms with Gasteiger partial charge in [-0.2, -0.15) is 0 Å². The predicted octanol–water partition coefficient (Wildman–Crippen LogP) is 3.48. The molecule has 0 spiro atoms. The molecule has 0 unspecified atom stereocenters. The zero-order valence-electron chi connectivity index (χ0n) is 16.5. The van der Waals surface area contributed by atoms with Gasteiger partial charge in [0.25, 0.3) is 0 Å². The van der Waals surface area contributed by atoms with Gasteiger partial charge in [-0.3, -0.25) is 4.18 Å². The molecule has 0 aromatic heterocycles. The van der Waals surface area contributed by atoms with Crippen molar-refractivity contribution in [2.45, 2.75) is 71.1 Å². The Hall–Kier alpha value is -0.210. The van der Waals surface area contributed by atoms with E-state index in [9.17, 15) is 13.0 Å². The second-order valence-corrected chi connectivity index (χ2v) is 8.31. The maximum absolute atomic E-state index is 9.22. The highest BCUT2D eigenvalue weighted by Crippen LogP contribution is 2.13. The number of likely N-dealkylation sites (N-methyl/N-ethyl adjacent to an activating group) is 1. The zero-order valence-corrected chi connectivity index (χ0v) is 17.3. The van der Waals surface area contributed by atoms with Crippen LogP contribution in [0.4, 0.5) is 0 Å². The third-order valence-electron chi connectivity index (χ3n) is 4.81. The smallest absolute Gasteiger partial charge is 0.217 e. The number of ether oxygens (including phenoxy) is 1. The number of nitrogens with zero attached hydrogens (tertiary/aromatic N) is 1. The van der Waals surface area contributed by atoms with Crippen molar-refractivity contribution in [2.75, 3.05) is 47.0 Å². The van der Waals surface area contributed by atoms with Gasteiger partial charge in [0, 0.05) is 0 Å². The molecule has 152 valence electrons. The van der Waals surface area contributed by atoms with E-state index in [0.29, 0.717) is 0 Å². The second-order valence-electron chi connectivity index (χ2n) is 7.16. The molecule has 0 saturated carbocycles. The van der Waals surface area contributed by atoms with Crippen LogP contribution in [-0.4, -0.2) is 64.5 Å². The highest BCUT2D eigenvalue weighted by Gasteiger charge is 2.23. The van der Waals surface area contributed by atoms with E-state index in [1.54, 1.807) is 0 Å². The van der Waals surface area contributed by atoms with Gasteiger partial charge in [0.05, 0.1) is 33.9 Å². The van der Waals surface area contributed by atoms with Crippen LogP contribution in [0.15, 0.2) is 0 Å². The summed E-state index contributed by atoms with van der Waals surface area (Å²) >= 11 is 0. The molecule has 0 aliphatic carbocycles. The molecule has 25 heavy (non-hydrogen) atoms. The molecule has 6 nitrogen and oxygen atoms in total. The molecule has 7 heteroatoms. The van der Waals surface area contributed by atoms with Gasteiger partial charge in [-0.1, -0.05) is 58.3 Å². The van der Waals surface area contributed by atoms with Crippen molar-refractivity contribution in [1.29, 1.82) is 0 Å². The molecule has 1 aliphatic heterocycles. The Bertz CT molecular complexity index is 394. The highest BCUT2D eigenvalue weighted by molar-refractivity contribution is 7.80. The first-order chi connectivity index (χ1) is 11.8. The van der Waals surface area contributed by atoms with Crippen LogP contribution in [0.25, 0.3) is 0 Å². The van der Waals surface area contributed by atoms with Gasteiger partial charge in [0.15, 0.2) is 0 Å². The van der Waals surface area contributed by atoms with E-state index in [1.165, 1.54) is 88.3 Å². The molecule has 1 fully saturated rings. The summed E-state index contributed by atoms with van der Waals surface area (Å²) in [6, 6.07) is 0. The lowest BCUT2D eigenvalue weighted by atomic mass is 10.1. The molecular formula is C18H39NO5S. The molecule has 0 aromatic rings. The molecule has 0 radical (unpaired) electrons. The molecule has 0 N–H and O–H groups in total. The van der Waals surface area contributed by atoms with E-state index in [0.717, 1.165) is 20.3 Å². The summed E-state index contributed by atoms with van der Waals surface area (Å²) in [5, 5.41) is 0. The number of hydrogen-bond acceptors (Lipinski definition) is 5. The largest absolute Gasteiger partial charge is 0.726 e. The van der Waals surface area contributed by atoms with Crippen molar-refractivity contribution >= 4 is 10.4 Å². The van der Waals surface area contributed by atoms with Gasteiger partial charge in [-0.05, 0) is 12.8 Å². The summed E-state index contributed by atoms with van der Waals surface area (Å²) in [4.78, 5) is 0. The van der Waals surface area contributed by atoms with Crippen LogP contribution >= 0.6 is 0 Å². The molecule has 0 bridgehead atoms. The predicted molar refractivity (Wildman–Crippen MR) is 100 cm³/mol. The molecule has 0 amide bonds. The first kappa shape index (κ1) is 24.8. The van der Waals surface area contributed by atoms with Crippen LogP contribution < -0.4 is 0 Å². The van der Waals surface area contributed by atoms with E-state index >= 15 is 0 Å². The van der Waals surface area contributed by atoms with Crippen LogP contribution in [0, 0.1) is 0 Å². The van der Waals surface area contributed by atoms with Crippen molar-refractivity contribution < 1.29 is 26.4 Å². The third-order valence-corrected chi connectivity index (χ3v) is 5.21. The minimum absolute atomic E-state index is 0.808. The molecule has 1 aliphatic rings. The van der Waals surface area contributed by atoms with Crippen LogP contribution in [0.2, 0.25) is 0 Å². The van der Waals surface area contributed by atoms with Gasteiger partial charge in [-0.25, -0.2) is 8.42 Å². The molecule has 1 rings (SSSR count). The fourth-order valence-electron chi connectivity index (χ4n) is 2.99. The summed E-state index contributed by atoms with van der Waals surface area (Å²) in [6.45, 7) is 8.02. The molecular weight excluding hydrogens is 342 g/mol. The number of morpholine rings is 1. The van der Waals surface area contributed by atoms with E-state index in [1.807, 2.05) is 0 Å².